The number of carbonyl (C=O) groups is 1. The molecule has 2 heterocycles. The molecule has 0 amide bonds. The Morgan fingerprint density at radius 1 is 1.35 bits per heavy atom. The molecule has 1 aliphatic rings. The van der Waals surface area contributed by atoms with E-state index in [1.54, 1.807) is 0 Å². The van der Waals surface area contributed by atoms with Crippen LogP contribution in [0, 0.1) is 0 Å². The van der Waals surface area contributed by atoms with Gasteiger partial charge in [0.25, 0.3) is 0 Å². The Morgan fingerprint density at radius 2 is 1.90 bits per heavy atom. The number of aromatic nitrogens is 1. The molecule has 20 heavy (non-hydrogen) atoms. The minimum Gasteiger partial charge on any atom is -0.481 e. The Hall–Kier alpha value is -1.27. The maximum atomic E-state index is 11.2. The van der Waals surface area contributed by atoms with E-state index in [4.69, 9.17) is 9.31 Å². The van der Waals surface area contributed by atoms with Gasteiger partial charge < -0.3 is 19.0 Å². The Bertz CT molecular complexity index is 493. The third-order valence-corrected chi connectivity index (χ3v) is 4.36. The molecule has 1 aromatic heterocycles. The molecule has 1 aromatic rings. The summed E-state index contributed by atoms with van der Waals surface area (Å²) in [6, 6.07) is 3.81. The molecule has 6 heteroatoms. The molecule has 5 nitrogen and oxygen atoms in total. The van der Waals surface area contributed by atoms with Crippen molar-refractivity contribution >= 4 is 13.1 Å². The van der Waals surface area contributed by atoms with Gasteiger partial charge in [-0.05, 0) is 39.8 Å². The predicted molar refractivity (Wildman–Crippen MR) is 76.5 cm³/mol. The summed E-state index contributed by atoms with van der Waals surface area (Å²) in [6.07, 6.45) is 1.88. The van der Waals surface area contributed by atoms with Crippen molar-refractivity contribution in [3.8, 4) is 0 Å². The highest BCUT2D eigenvalue weighted by atomic mass is 16.7. The van der Waals surface area contributed by atoms with E-state index in [-0.39, 0.29) is 12.2 Å². The third kappa shape index (κ3) is 2.62. The van der Waals surface area contributed by atoms with Crippen LogP contribution in [0.25, 0.3) is 0 Å². The molecular formula is C14H22BNO4. The van der Waals surface area contributed by atoms with Crippen LogP contribution in [0.5, 0.6) is 0 Å². The fourth-order valence-electron chi connectivity index (χ4n) is 2.44. The summed E-state index contributed by atoms with van der Waals surface area (Å²) in [5.74, 6) is -1.18. The van der Waals surface area contributed by atoms with Crippen molar-refractivity contribution in [3.05, 3.63) is 24.0 Å². The molecule has 1 aliphatic heterocycles. The summed E-state index contributed by atoms with van der Waals surface area (Å²) in [5, 5.41) is 9.17. The van der Waals surface area contributed by atoms with E-state index in [9.17, 15) is 9.90 Å². The number of rotatable bonds is 4. The number of hydrogen-bond donors (Lipinski definition) is 1. The molecule has 0 saturated carbocycles. The predicted octanol–water partition coefficient (Wildman–Crippen LogP) is 2.21. The molecule has 0 bridgehead atoms. The normalized spacial score (nSPS) is 21.9. The van der Waals surface area contributed by atoms with Crippen LogP contribution in [0.4, 0.5) is 0 Å². The molecule has 1 fully saturated rings. The summed E-state index contributed by atoms with van der Waals surface area (Å²) in [4.78, 5) is 11.2. The zero-order valence-corrected chi connectivity index (χ0v) is 12.7. The highest BCUT2D eigenvalue weighted by molar-refractivity contribution is 6.48. The number of hydrogen-bond acceptors (Lipinski definition) is 3. The van der Waals surface area contributed by atoms with Crippen LogP contribution in [-0.4, -0.2) is 34.0 Å². The number of aliphatic carboxylic acids is 1. The average Bonchev–Trinajstić information content (AvgIpc) is 2.78. The zero-order chi connectivity index (χ0) is 15.1. The number of aryl methyl sites for hydroxylation is 1. The van der Waals surface area contributed by atoms with E-state index in [1.165, 1.54) is 0 Å². The summed E-state index contributed by atoms with van der Waals surface area (Å²) in [6.45, 7) is 7.87. The minimum absolute atomic E-state index is 0.0192. The lowest BCUT2D eigenvalue weighted by Gasteiger charge is -2.32. The van der Waals surface area contributed by atoms with Gasteiger partial charge in [0.2, 0.25) is 0 Å². The Morgan fingerprint density at radius 3 is 2.30 bits per heavy atom. The van der Waals surface area contributed by atoms with Gasteiger partial charge >= 0.3 is 13.1 Å². The second kappa shape index (κ2) is 4.93. The standard InChI is InChI=1S/C14H22BNO4/c1-13(2)14(3,4)20-15(19-13)10(9-12(17)18)11-7-6-8-16(11)5/h6-8,10H,9H2,1-5H3,(H,17,18). The largest absolute Gasteiger partial charge is 0.481 e. The lowest BCUT2D eigenvalue weighted by atomic mass is 9.68. The summed E-state index contributed by atoms with van der Waals surface area (Å²) in [7, 11) is 1.35. The second-order valence-electron chi connectivity index (χ2n) is 6.37. The van der Waals surface area contributed by atoms with Gasteiger partial charge in [0.1, 0.15) is 0 Å². The minimum atomic E-state index is -0.856. The number of nitrogens with zero attached hydrogens (tertiary/aromatic N) is 1. The Labute approximate surface area is 120 Å². The van der Waals surface area contributed by atoms with Crippen LogP contribution in [-0.2, 0) is 21.2 Å². The first-order valence-corrected chi connectivity index (χ1v) is 6.83. The highest BCUT2D eigenvalue weighted by Crippen LogP contribution is 2.41. The first-order valence-electron chi connectivity index (χ1n) is 6.83. The quantitative estimate of drug-likeness (QED) is 0.858. The third-order valence-electron chi connectivity index (χ3n) is 4.36. The lowest BCUT2D eigenvalue weighted by Crippen LogP contribution is -2.41. The smallest absolute Gasteiger partial charge is 0.467 e. The van der Waals surface area contributed by atoms with Crippen LogP contribution in [0.3, 0.4) is 0 Å². The molecule has 0 aromatic carbocycles. The molecular weight excluding hydrogens is 257 g/mol. The van der Waals surface area contributed by atoms with Crippen LogP contribution in [0.15, 0.2) is 18.3 Å². The molecule has 1 unspecified atom stereocenters. The molecule has 1 atom stereocenters. The van der Waals surface area contributed by atoms with Gasteiger partial charge in [-0.25, -0.2) is 0 Å². The fraction of sp³-hybridized carbons (Fsp3) is 0.643. The molecule has 0 spiro atoms. The van der Waals surface area contributed by atoms with Gasteiger partial charge in [0.15, 0.2) is 0 Å². The van der Waals surface area contributed by atoms with Crippen LogP contribution < -0.4 is 0 Å². The molecule has 1 N–H and O–H groups in total. The van der Waals surface area contributed by atoms with Gasteiger partial charge in [-0.2, -0.15) is 0 Å². The van der Waals surface area contributed by atoms with Crippen molar-refractivity contribution in [1.29, 1.82) is 0 Å². The number of carboxylic acid groups (broad SMARTS) is 1. The van der Waals surface area contributed by atoms with E-state index < -0.39 is 24.3 Å². The maximum Gasteiger partial charge on any atom is 0.467 e. The summed E-state index contributed by atoms with van der Waals surface area (Å²) in [5.41, 5.74) is -0.00925. The van der Waals surface area contributed by atoms with Gasteiger partial charge in [-0.1, -0.05) is 0 Å². The van der Waals surface area contributed by atoms with E-state index in [0.717, 1.165) is 5.69 Å². The maximum absolute atomic E-state index is 11.2. The van der Waals surface area contributed by atoms with Crippen LogP contribution in [0.2, 0.25) is 0 Å². The number of carboxylic acids is 1. The zero-order valence-electron chi connectivity index (χ0n) is 12.7. The van der Waals surface area contributed by atoms with Crippen molar-refractivity contribution in [2.45, 2.75) is 51.1 Å². The molecule has 0 aliphatic carbocycles. The molecule has 2 rings (SSSR count). The first-order chi connectivity index (χ1) is 9.14. The van der Waals surface area contributed by atoms with E-state index >= 15 is 0 Å². The van der Waals surface area contributed by atoms with Gasteiger partial charge in [0.05, 0.1) is 17.6 Å². The van der Waals surface area contributed by atoms with Crippen molar-refractivity contribution in [2.75, 3.05) is 0 Å². The van der Waals surface area contributed by atoms with Gasteiger partial charge in [-0.3, -0.25) is 4.79 Å². The van der Waals surface area contributed by atoms with E-state index in [2.05, 4.69) is 0 Å². The molecule has 1 saturated heterocycles. The van der Waals surface area contributed by atoms with Crippen molar-refractivity contribution in [2.24, 2.45) is 7.05 Å². The Kier molecular flexibility index (Phi) is 3.73. The molecule has 110 valence electrons. The Balaban J connectivity index is 2.30. The van der Waals surface area contributed by atoms with E-state index in [0.29, 0.717) is 0 Å². The summed E-state index contributed by atoms with van der Waals surface area (Å²) >= 11 is 0. The average molecular weight is 279 g/mol. The van der Waals surface area contributed by atoms with Crippen molar-refractivity contribution in [3.63, 3.8) is 0 Å². The topological polar surface area (TPSA) is 60.7 Å². The van der Waals surface area contributed by atoms with Gasteiger partial charge in [-0.15, -0.1) is 0 Å². The fourth-order valence-corrected chi connectivity index (χ4v) is 2.44. The second-order valence-corrected chi connectivity index (χ2v) is 6.37. The highest BCUT2D eigenvalue weighted by Gasteiger charge is 2.54. The first kappa shape index (κ1) is 15.1. The van der Waals surface area contributed by atoms with Gasteiger partial charge in [0, 0.05) is 24.8 Å². The molecule has 0 radical (unpaired) electrons. The van der Waals surface area contributed by atoms with Crippen molar-refractivity contribution in [1.82, 2.24) is 4.57 Å². The lowest BCUT2D eigenvalue weighted by molar-refractivity contribution is -0.137. The summed E-state index contributed by atoms with van der Waals surface area (Å²) < 4.78 is 13.9. The monoisotopic (exact) mass is 279 g/mol. The van der Waals surface area contributed by atoms with E-state index in [1.807, 2.05) is 57.6 Å². The van der Waals surface area contributed by atoms with Crippen LogP contribution >= 0.6 is 0 Å². The SMILES string of the molecule is Cn1cccc1C(CC(=O)O)B1OC(C)(C)C(C)(C)O1. The van der Waals surface area contributed by atoms with Crippen LogP contribution in [0.1, 0.15) is 45.6 Å². The van der Waals surface area contributed by atoms with Crippen molar-refractivity contribution < 1.29 is 19.2 Å².